The van der Waals surface area contributed by atoms with Crippen LogP contribution < -0.4 is 4.90 Å². The first-order chi connectivity index (χ1) is 16.2. The molecule has 2 heterocycles. The summed E-state index contributed by atoms with van der Waals surface area (Å²) in [5, 5.41) is 0. The number of piperazine rings is 1. The summed E-state index contributed by atoms with van der Waals surface area (Å²) >= 11 is 0. The number of hydrogen-bond acceptors (Lipinski definition) is 4. The number of imide groups is 1. The molecule has 2 aromatic rings. The van der Waals surface area contributed by atoms with Crippen LogP contribution in [0.1, 0.15) is 40.7 Å². The van der Waals surface area contributed by atoms with E-state index < -0.39 is 27.8 Å². The number of carbonyl (C=O) groups is 2. The van der Waals surface area contributed by atoms with E-state index in [0.29, 0.717) is 49.6 Å². The minimum atomic E-state index is -3.61. The van der Waals surface area contributed by atoms with Crippen LogP contribution in [0.2, 0.25) is 0 Å². The summed E-state index contributed by atoms with van der Waals surface area (Å²) in [6.07, 6.45) is 2.19. The molecule has 4 rings (SSSR count). The zero-order valence-corrected chi connectivity index (χ0v) is 20.4. The molecule has 2 fully saturated rings. The summed E-state index contributed by atoms with van der Waals surface area (Å²) in [6, 6.07) is 10.3. The molecule has 0 unspecified atom stereocenters. The number of nitrogens with one attached hydrogen (secondary N) is 1. The molecule has 7 nitrogen and oxygen atoms in total. The normalized spacial score (nSPS) is 20.9. The Labute approximate surface area is 200 Å². The number of rotatable bonds is 4. The van der Waals surface area contributed by atoms with Gasteiger partial charge in [0.25, 0.3) is 11.8 Å². The van der Waals surface area contributed by atoms with E-state index in [1.54, 1.807) is 13.0 Å². The molecule has 0 saturated carbocycles. The molecule has 2 amide bonds. The number of amides is 2. The third kappa shape index (κ3) is 4.92. The van der Waals surface area contributed by atoms with Crippen molar-refractivity contribution in [3.05, 3.63) is 65.0 Å². The summed E-state index contributed by atoms with van der Waals surface area (Å²) in [5.41, 5.74) is 1.90. The van der Waals surface area contributed by atoms with Crippen LogP contribution in [0.15, 0.2) is 47.4 Å². The Kier molecular flexibility index (Phi) is 7.16. The zero-order chi connectivity index (χ0) is 24.5. The number of carbonyl (C=O) groups excluding carboxylic acids is 2. The average Bonchev–Trinajstić information content (AvgIpc) is 3.02. The van der Waals surface area contributed by atoms with Crippen LogP contribution in [-0.4, -0.2) is 68.2 Å². The fourth-order valence-electron chi connectivity index (χ4n) is 4.86. The van der Waals surface area contributed by atoms with Crippen molar-refractivity contribution in [1.29, 1.82) is 0 Å². The van der Waals surface area contributed by atoms with Gasteiger partial charge < -0.3 is 4.90 Å². The lowest BCUT2D eigenvalue weighted by atomic mass is 10.1. The summed E-state index contributed by atoms with van der Waals surface area (Å²) in [4.78, 5) is 29.0. The molecule has 182 valence electrons. The Morgan fingerprint density at radius 3 is 2.35 bits per heavy atom. The molecule has 2 aromatic carbocycles. The monoisotopic (exact) mass is 488 g/mol. The minimum Gasteiger partial charge on any atom is -0.323 e. The lowest BCUT2D eigenvalue weighted by Gasteiger charge is -2.36. The number of aryl methyl sites for hydroxylation is 2. The topological polar surface area (TPSA) is 79.2 Å². The Morgan fingerprint density at radius 1 is 1.00 bits per heavy atom. The van der Waals surface area contributed by atoms with E-state index in [-0.39, 0.29) is 11.5 Å². The van der Waals surface area contributed by atoms with E-state index in [4.69, 9.17) is 0 Å². The highest BCUT2D eigenvalue weighted by Gasteiger charge is 2.41. The van der Waals surface area contributed by atoms with Crippen LogP contribution in [-0.2, 0) is 14.8 Å². The van der Waals surface area contributed by atoms with Gasteiger partial charge in [-0.05, 0) is 68.1 Å². The van der Waals surface area contributed by atoms with Gasteiger partial charge in [-0.3, -0.25) is 14.5 Å². The second-order valence-corrected chi connectivity index (χ2v) is 11.1. The highest BCUT2D eigenvalue weighted by molar-refractivity contribution is 7.89. The SMILES string of the molecule is Cc1ccc(C)c(S(=O)(=O)N2CC[NH+]([C@@H]3CCCCN(C(=O)c4ccc(F)cc4)C3=O)CC2)c1. The molecular weight excluding hydrogens is 457 g/mol. The molecule has 2 aliphatic heterocycles. The number of hydrogen-bond donors (Lipinski definition) is 1. The summed E-state index contributed by atoms with van der Waals surface area (Å²) in [7, 11) is -3.61. The molecule has 1 atom stereocenters. The molecule has 0 aromatic heterocycles. The maximum Gasteiger partial charge on any atom is 0.287 e. The van der Waals surface area contributed by atoms with E-state index in [2.05, 4.69) is 0 Å². The first-order valence-electron chi connectivity index (χ1n) is 11.7. The van der Waals surface area contributed by atoms with Gasteiger partial charge in [0, 0.05) is 18.5 Å². The lowest BCUT2D eigenvalue weighted by molar-refractivity contribution is -0.920. The average molecular weight is 489 g/mol. The molecule has 0 radical (unpaired) electrons. The Morgan fingerprint density at radius 2 is 1.68 bits per heavy atom. The summed E-state index contributed by atoms with van der Waals surface area (Å²) < 4.78 is 41.3. The Balaban J connectivity index is 1.47. The molecule has 1 N–H and O–H groups in total. The van der Waals surface area contributed by atoms with Crippen LogP contribution in [0.4, 0.5) is 4.39 Å². The van der Waals surface area contributed by atoms with Crippen LogP contribution in [0, 0.1) is 19.7 Å². The minimum absolute atomic E-state index is 0.229. The van der Waals surface area contributed by atoms with Crippen molar-refractivity contribution in [2.75, 3.05) is 32.7 Å². The molecule has 9 heteroatoms. The van der Waals surface area contributed by atoms with Gasteiger partial charge in [-0.1, -0.05) is 12.1 Å². The molecule has 0 aliphatic carbocycles. The van der Waals surface area contributed by atoms with E-state index in [1.807, 2.05) is 19.1 Å². The van der Waals surface area contributed by atoms with Crippen LogP contribution in [0.25, 0.3) is 0 Å². The predicted octanol–water partition coefficient (Wildman–Crippen LogP) is 1.55. The third-order valence-electron chi connectivity index (χ3n) is 6.84. The Hall–Kier alpha value is -2.62. The largest absolute Gasteiger partial charge is 0.323 e. The van der Waals surface area contributed by atoms with Gasteiger partial charge in [0.1, 0.15) is 5.82 Å². The number of quaternary nitrogens is 1. The van der Waals surface area contributed by atoms with Gasteiger partial charge in [0.2, 0.25) is 10.0 Å². The van der Waals surface area contributed by atoms with Crippen molar-refractivity contribution in [3.8, 4) is 0 Å². The molecule has 2 saturated heterocycles. The van der Waals surface area contributed by atoms with Crippen LogP contribution in [0.3, 0.4) is 0 Å². The number of halogens is 1. The second kappa shape index (κ2) is 9.93. The van der Waals surface area contributed by atoms with E-state index in [0.717, 1.165) is 23.3 Å². The maximum atomic E-state index is 13.4. The predicted molar refractivity (Wildman–Crippen MR) is 125 cm³/mol. The number of nitrogens with zero attached hydrogens (tertiary/aromatic N) is 2. The fraction of sp³-hybridized carbons (Fsp3) is 0.440. The maximum absolute atomic E-state index is 13.4. The lowest BCUT2D eigenvalue weighted by Crippen LogP contribution is -3.19. The van der Waals surface area contributed by atoms with Gasteiger partial charge in [-0.15, -0.1) is 0 Å². The van der Waals surface area contributed by atoms with Gasteiger partial charge >= 0.3 is 0 Å². The van der Waals surface area contributed by atoms with E-state index in [9.17, 15) is 22.4 Å². The van der Waals surface area contributed by atoms with Gasteiger partial charge in [-0.25, -0.2) is 12.8 Å². The number of benzene rings is 2. The van der Waals surface area contributed by atoms with Gasteiger partial charge in [-0.2, -0.15) is 4.31 Å². The first kappa shape index (κ1) is 24.5. The highest BCUT2D eigenvalue weighted by atomic mass is 32.2. The van der Waals surface area contributed by atoms with Gasteiger partial charge in [0.15, 0.2) is 6.04 Å². The number of sulfonamides is 1. The van der Waals surface area contributed by atoms with Crippen molar-refractivity contribution in [1.82, 2.24) is 9.21 Å². The Bertz CT molecular complexity index is 1180. The second-order valence-electron chi connectivity index (χ2n) is 9.18. The van der Waals surface area contributed by atoms with E-state index in [1.165, 1.54) is 33.5 Å². The molecule has 2 aliphatic rings. The van der Waals surface area contributed by atoms with Crippen molar-refractivity contribution in [3.63, 3.8) is 0 Å². The summed E-state index contributed by atoms with van der Waals surface area (Å²) in [6.45, 7) is 5.65. The van der Waals surface area contributed by atoms with Gasteiger partial charge in [0.05, 0.1) is 31.1 Å². The number of likely N-dealkylation sites (tertiary alicyclic amines) is 1. The quantitative estimate of drug-likeness (QED) is 0.663. The van der Waals surface area contributed by atoms with Crippen molar-refractivity contribution in [2.24, 2.45) is 0 Å². The van der Waals surface area contributed by atoms with Crippen LogP contribution >= 0.6 is 0 Å². The molecule has 0 spiro atoms. The fourth-order valence-corrected chi connectivity index (χ4v) is 6.61. The summed E-state index contributed by atoms with van der Waals surface area (Å²) in [5.74, 6) is -1.07. The van der Waals surface area contributed by atoms with Crippen LogP contribution in [0.5, 0.6) is 0 Å². The smallest absolute Gasteiger partial charge is 0.287 e. The third-order valence-corrected chi connectivity index (χ3v) is 8.88. The van der Waals surface area contributed by atoms with Crippen molar-refractivity contribution >= 4 is 21.8 Å². The first-order valence-corrected chi connectivity index (χ1v) is 13.2. The highest BCUT2D eigenvalue weighted by Crippen LogP contribution is 2.22. The molecule has 34 heavy (non-hydrogen) atoms. The van der Waals surface area contributed by atoms with Crippen molar-refractivity contribution in [2.45, 2.75) is 44.0 Å². The zero-order valence-electron chi connectivity index (χ0n) is 19.6. The van der Waals surface area contributed by atoms with Crippen molar-refractivity contribution < 1.29 is 27.3 Å². The molecule has 0 bridgehead atoms. The standard InChI is InChI=1S/C25H30FN3O4S/c1-18-6-7-19(2)23(17-18)34(32,33)28-15-13-27(14-16-28)22-5-3-4-12-29(25(22)31)24(30)20-8-10-21(26)11-9-20/h6-11,17,22H,3-5,12-16H2,1-2H3/p+1/t22-/m1/s1. The van der Waals surface area contributed by atoms with E-state index >= 15 is 0 Å². The molecular formula is C25H31FN3O4S+.